The van der Waals surface area contributed by atoms with E-state index in [0.717, 1.165) is 11.1 Å². The molecule has 0 aliphatic rings. The Morgan fingerprint density at radius 2 is 1.75 bits per heavy atom. The highest BCUT2D eigenvalue weighted by atomic mass is 15.1. The van der Waals surface area contributed by atoms with E-state index < -0.39 is 0 Å². The molecule has 1 rings (SSSR count). The summed E-state index contributed by atoms with van der Waals surface area (Å²) in [5.41, 5.74) is 1.98. The van der Waals surface area contributed by atoms with Gasteiger partial charge in [0.25, 0.3) is 0 Å². The number of rotatable bonds is 3. The Morgan fingerprint density at radius 3 is 2.33 bits per heavy atom. The van der Waals surface area contributed by atoms with E-state index in [9.17, 15) is 0 Å². The molecule has 12 heavy (non-hydrogen) atoms. The van der Waals surface area contributed by atoms with Gasteiger partial charge in [0.15, 0.2) is 0 Å². The molecule has 0 atom stereocenters. The van der Waals surface area contributed by atoms with Crippen molar-refractivity contribution in [3.05, 3.63) is 48.8 Å². The van der Waals surface area contributed by atoms with E-state index in [-0.39, 0.29) is 0 Å². The molecule has 0 aromatic carbocycles. The van der Waals surface area contributed by atoms with E-state index in [1.165, 1.54) is 0 Å². The molecule has 0 bridgehead atoms. The zero-order valence-corrected chi connectivity index (χ0v) is 6.77. The topological polar surface area (TPSA) is 25.8 Å². The van der Waals surface area contributed by atoms with Gasteiger partial charge in [0, 0.05) is 11.1 Å². The zero-order chi connectivity index (χ0) is 8.81. The standard InChI is InChI=1S/C10H10N2/c1-3-5-6-10-8-12-11-7-9(10)4-2/h3-8H,1-2H2/b6-5-. The van der Waals surface area contributed by atoms with Crippen LogP contribution in [0.1, 0.15) is 11.1 Å². The van der Waals surface area contributed by atoms with Crippen molar-refractivity contribution >= 4 is 12.2 Å². The van der Waals surface area contributed by atoms with Gasteiger partial charge in [-0.15, -0.1) is 0 Å². The average Bonchev–Trinajstić information content (AvgIpc) is 2.15. The molecule has 1 aromatic heterocycles. The van der Waals surface area contributed by atoms with Gasteiger partial charge < -0.3 is 0 Å². The second-order valence-electron chi connectivity index (χ2n) is 2.20. The van der Waals surface area contributed by atoms with Crippen LogP contribution in [-0.2, 0) is 0 Å². The number of nitrogens with zero attached hydrogens (tertiary/aromatic N) is 2. The Balaban J connectivity index is 3.04. The van der Waals surface area contributed by atoms with E-state index in [1.54, 1.807) is 24.5 Å². The quantitative estimate of drug-likeness (QED) is 0.631. The van der Waals surface area contributed by atoms with Crippen LogP contribution >= 0.6 is 0 Å². The molecular weight excluding hydrogens is 148 g/mol. The lowest BCUT2D eigenvalue weighted by molar-refractivity contribution is 1.02. The summed E-state index contributed by atoms with van der Waals surface area (Å²) in [6.07, 6.45) is 10.6. The molecule has 60 valence electrons. The number of hydrogen-bond donors (Lipinski definition) is 0. The predicted octanol–water partition coefficient (Wildman–Crippen LogP) is 2.32. The molecule has 0 N–H and O–H groups in total. The molecule has 0 amide bonds. The highest BCUT2D eigenvalue weighted by Crippen LogP contribution is 2.08. The maximum Gasteiger partial charge on any atom is 0.0574 e. The van der Waals surface area contributed by atoms with Crippen molar-refractivity contribution in [1.29, 1.82) is 0 Å². The molecule has 0 unspecified atom stereocenters. The first kappa shape index (κ1) is 8.40. The molecule has 2 nitrogen and oxygen atoms in total. The van der Waals surface area contributed by atoms with Crippen molar-refractivity contribution in [3.8, 4) is 0 Å². The van der Waals surface area contributed by atoms with Crippen molar-refractivity contribution in [2.24, 2.45) is 0 Å². The Labute approximate surface area is 72.0 Å². The van der Waals surface area contributed by atoms with Crippen molar-refractivity contribution in [2.75, 3.05) is 0 Å². The first-order chi connectivity index (χ1) is 5.88. The maximum absolute atomic E-state index is 3.76. The molecule has 0 saturated carbocycles. The summed E-state index contributed by atoms with van der Waals surface area (Å²) in [6, 6.07) is 0. The van der Waals surface area contributed by atoms with Crippen molar-refractivity contribution < 1.29 is 0 Å². The summed E-state index contributed by atoms with van der Waals surface area (Å²) < 4.78 is 0. The largest absolute Gasteiger partial charge is 0.158 e. The van der Waals surface area contributed by atoms with E-state index in [1.807, 2.05) is 12.2 Å². The first-order valence-electron chi connectivity index (χ1n) is 3.60. The van der Waals surface area contributed by atoms with Gasteiger partial charge >= 0.3 is 0 Å². The molecule has 0 radical (unpaired) electrons. The second kappa shape index (κ2) is 4.23. The molecule has 0 saturated heterocycles. The molecule has 0 fully saturated rings. The van der Waals surface area contributed by atoms with E-state index in [2.05, 4.69) is 23.4 Å². The third kappa shape index (κ3) is 1.89. The van der Waals surface area contributed by atoms with E-state index >= 15 is 0 Å². The van der Waals surface area contributed by atoms with Crippen LogP contribution in [0.25, 0.3) is 12.2 Å². The normalized spacial score (nSPS) is 10.0. The minimum atomic E-state index is 0.975. The molecule has 1 heterocycles. The SMILES string of the molecule is C=C/C=C\c1cnncc1C=C. The fourth-order valence-electron chi connectivity index (χ4n) is 0.822. The Kier molecular flexibility index (Phi) is 2.96. The number of hydrogen-bond acceptors (Lipinski definition) is 2. The van der Waals surface area contributed by atoms with Gasteiger partial charge in [-0.05, 0) is 0 Å². The third-order valence-corrected chi connectivity index (χ3v) is 1.43. The van der Waals surface area contributed by atoms with E-state index in [4.69, 9.17) is 0 Å². The second-order valence-corrected chi connectivity index (χ2v) is 2.20. The van der Waals surface area contributed by atoms with Crippen molar-refractivity contribution in [3.63, 3.8) is 0 Å². The smallest absolute Gasteiger partial charge is 0.0574 e. The summed E-state index contributed by atoms with van der Waals surface area (Å²) in [4.78, 5) is 0. The Morgan fingerprint density at radius 1 is 1.08 bits per heavy atom. The summed E-state index contributed by atoms with van der Waals surface area (Å²) in [5, 5.41) is 7.51. The summed E-state index contributed by atoms with van der Waals surface area (Å²) in [5.74, 6) is 0. The van der Waals surface area contributed by atoms with Crippen LogP contribution < -0.4 is 0 Å². The first-order valence-corrected chi connectivity index (χ1v) is 3.60. The van der Waals surface area contributed by atoms with Crippen LogP contribution in [-0.4, -0.2) is 10.2 Å². The lowest BCUT2D eigenvalue weighted by Crippen LogP contribution is -1.85. The van der Waals surface area contributed by atoms with Crippen LogP contribution in [0.3, 0.4) is 0 Å². The van der Waals surface area contributed by atoms with Crippen molar-refractivity contribution in [2.45, 2.75) is 0 Å². The van der Waals surface area contributed by atoms with Gasteiger partial charge in [-0.3, -0.25) is 0 Å². The molecule has 1 aromatic rings. The van der Waals surface area contributed by atoms with Gasteiger partial charge in [0.1, 0.15) is 0 Å². The van der Waals surface area contributed by atoms with Crippen LogP contribution in [0, 0.1) is 0 Å². The number of allylic oxidation sites excluding steroid dienone is 2. The van der Waals surface area contributed by atoms with E-state index in [0.29, 0.717) is 0 Å². The predicted molar refractivity (Wildman–Crippen MR) is 51.4 cm³/mol. The Hall–Kier alpha value is -1.70. The lowest BCUT2D eigenvalue weighted by atomic mass is 10.1. The molecule has 2 heteroatoms. The van der Waals surface area contributed by atoms with Gasteiger partial charge in [-0.1, -0.05) is 37.5 Å². The fourth-order valence-corrected chi connectivity index (χ4v) is 0.822. The monoisotopic (exact) mass is 158 g/mol. The molecule has 0 spiro atoms. The highest BCUT2D eigenvalue weighted by Gasteiger charge is 1.92. The third-order valence-electron chi connectivity index (χ3n) is 1.43. The van der Waals surface area contributed by atoms with Crippen LogP contribution in [0.2, 0.25) is 0 Å². The summed E-state index contributed by atoms with van der Waals surface area (Å²) >= 11 is 0. The van der Waals surface area contributed by atoms with Gasteiger partial charge in [0.2, 0.25) is 0 Å². The highest BCUT2D eigenvalue weighted by molar-refractivity contribution is 5.63. The summed E-state index contributed by atoms with van der Waals surface area (Å²) in [6.45, 7) is 7.25. The minimum absolute atomic E-state index is 0.975. The maximum atomic E-state index is 3.76. The fraction of sp³-hybridized carbons (Fsp3) is 0. The molecule has 0 aliphatic heterocycles. The minimum Gasteiger partial charge on any atom is -0.158 e. The van der Waals surface area contributed by atoms with Crippen molar-refractivity contribution in [1.82, 2.24) is 10.2 Å². The van der Waals surface area contributed by atoms with Gasteiger partial charge in [-0.25, -0.2) is 0 Å². The summed E-state index contributed by atoms with van der Waals surface area (Å²) in [7, 11) is 0. The van der Waals surface area contributed by atoms with Crippen LogP contribution in [0.15, 0.2) is 37.7 Å². The van der Waals surface area contributed by atoms with Gasteiger partial charge in [-0.2, -0.15) is 10.2 Å². The lowest BCUT2D eigenvalue weighted by Gasteiger charge is -1.95. The van der Waals surface area contributed by atoms with Gasteiger partial charge in [0.05, 0.1) is 12.4 Å². The zero-order valence-electron chi connectivity index (χ0n) is 6.77. The molecular formula is C10H10N2. The number of aromatic nitrogens is 2. The van der Waals surface area contributed by atoms with Crippen LogP contribution in [0.5, 0.6) is 0 Å². The van der Waals surface area contributed by atoms with Crippen LogP contribution in [0.4, 0.5) is 0 Å². The average molecular weight is 158 g/mol. The molecule has 0 aliphatic carbocycles. The Bertz CT molecular complexity index is 313.